The van der Waals surface area contributed by atoms with Crippen LogP contribution in [0.1, 0.15) is 22.5 Å². The summed E-state index contributed by atoms with van der Waals surface area (Å²) in [5, 5.41) is 7.54. The number of anilines is 1. The average Bonchev–Trinajstić information content (AvgIpc) is 2.73. The van der Waals surface area contributed by atoms with Gasteiger partial charge in [0.2, 0.25) is 0 Å². The third-order valence-electron chi connectivity index (χ3n) is 3.84. The molecule has 0 aliphatic heterocycles. The molecule has 1 aromatic carbocycles. The van der Waals surface area contributed by atoms with Crippen LogP contribution >= 0.6 is 12.2 Å². The zero-order chi connectivity index (χ0) is 18.1. The van der Waals surface area contributed by atoms with Gasteiger partial charge < -0.3 is 10.2 Å². The molecule has 8 heteroatoms. The van der Waals surface area contributed by atoms with Gasteiger partial charge in [-0.15, -0.1) is 0 Å². The Morgan fingerprint density at radius 1 is 1.33 bits per heavy atom. The number of alkyl halides is 3. The van der Waals surface area contributed by atoms with Gasteiger partial charge >= 0.3 is 6.18 Å². The summed E-state index contributed by atoms with van der Waals surface area (Å²) in [5.74, 6) is 0. The molecular formula is C16H19F3N4S. The van der Waals surface area contributed by atoms with Crippen LogP contribution in [0.2, 0.25) is 0 Å². The standard InChI is InChI=1S/C16H19F3N4S/c1-10-14(11(2)23(4)21-10)9-22(3)15(24)20-13-7-5-6-12(8-13)16(17,18)19/h5-8H,9H2,1-4H3,(H,20,24). The first-order valence-electron chi connectivity index (χ1n) is 7.28. The molecule has 24 heavy (non-hydrogen) atoms. The van der Waals surface area contributed by atoms with Crippen LogP contribution in [0.3, 0.4) is 0 Å². The van der Waals surface area contributed by atoms with Crippen molar-refractivity contribution in [2.45, 2.75) is 26.6 Å². The van der Waals surface area contributed by atoms with E-state index < -0.39 is 11.7 Å². The number of nitrogens with one attached hydrogen (secondary N) is 1. The van der Waals surface area contributed by atoms with E-state index in [1.807, 2.05) is 20.9 Å². The van der Waals surface area contributed by atoms with E-state index in [-0.39, 0.29) is 0 Å². The second-order valence-electron chi connectivity index (χ2n) is 5.64. The Balaban J connectivity index is 2.09. The highest BCUT2D eigenvalue weighted by atomic mass is 32.1. The minimum Gasteiger partial charge on any atom is -0.348 e. The summed E-state index contributed by atoms with van der Waals surface area (Å²) in [7, 11) is 3.65. The first-order chi connectivity index (χ1) is 11.1. The van der Waals surface area contributed by atoms with Gasteiger partial charge in [-0.3, -0.25) is 4.68 Å². The van der Waals surface area contributed by atoms with E-state index in [0.717, 1.165) is 29.1 Å². The van der Waals surface area contributed by atoms with Gasteiger partial charge in [0.05, 0.1) is 11.3 Å². The number of benzene rings is 1. The number of rotatable bonds is 3. The predicted molar refractivity (Wildman–Crippen MR) is 91.8 cm³/mol. The number of aryl methyl sites for hydroxylation is 2. The third kappa shape index (κ3) is 4.05. The number of hydrogen-bond donors (Lipinski definition) is 1. The Bertz CT molecular complexity index is 752. The van der Waals surface area contributed by atoms with Gasteiger partial charge in [-0.1, -0.05) is 6.07 Å². The maximum Gasteiger partial charge on any atom is 0.416 e. The van der Waals surface area contributed by atoms with Crippen LogP contribution in [0.15, 0.2) is 24.3 Å². The highest BCUT2D eigenvalue weighted by molar-refractivity contribution is 7.80. The van der Waals surface area contributed by atoms with E-state index in [0.29, 0.717) is 17.3 Å². The molecule has 0 atom stereocenters. The van der Waals surface area contributed by atoms with Crippen molar-refractivity contribution in [3.05, 3.63) is 46.8 Å². The van der Waals surface area contributed by atoms with E-state index in [2.05, 4.69) is 10.4 Å². The van der Waals surface area contributed by atoms with Crippen LogP contribution in [-0.2, 0) is 19.8 Å². The summed E-state index contributed by atoms with van der Waals surface area (Å²) >= 11 is 5.29. The van der Waals surface area contributed by atoms with E-state index in [1.54, 1.807) is 22.7 Å². The van der Waals surface area contributed by atoms with E-state index in [1.165, 1.54) is 6.07 Å². The molecule has 0 unspecified atom stereocenters. The largest absolute Gasteiger partial charge is 0.416 e. The fourth-order valence-electron chi connectivity index (χ4n) is 2.35. The van der Waals surface area contributed by atoms with Crippen molar-refractivity contribution in [2.75, 3.05) is 12.4 Å². The van der Waals surface area contributed by atoms with Crippen molar-refractivity contribution >= 4 is 23.0 Å². The second kappa shape index (κ2) is 6.80. The summed E-state index contributed by atoms with van der Waals surface area (Å²) in [6.07, 6.45) is -4.38. The van der Waals surface area contributed by atoms with Crippen molar-refractivity contribution in [3.8, 4) is 0 Å². The zero-order valence-electron chi connectivity index (χ0n) is 13.9. The maximum absolute atomic E-state index is 12.8. The third-order valence-corrected chi connectivity index (χ3v) is 4.26. The van der Waals surface area contributed by atoms with Crippen LogP contribution < -0.4 is 5.32 Å². The number of thiocarbonyl (C=S) groups is 1. The molecule has 130 valence electrons. The lowest BCUT2D eigenvalue weighted by Gasteiger charge is -2.21. The van der Waals surface area contributed by atoms with Crippen molar-refractivity contribution in [3.63, 3.8) is 0 Å². The minimum atomic E-state index is -4.38. The first-order valence-corrected chi connectivity index (χ1v) is 7.69. The fraction of sp³-hybridized carbons (Fsp3) is 0.375. The number of halogens is 3. The number of hydrogen-bond acceptors (Lipinski definition) is 2. The lowest BCUT2D eigenvalue weighted by atomic mass is 10.2. The Hall–Kier alpha value is -2.09. The summed E-state index contributed by atoms with van der Waals surface area (Å²) in [5.41, 5.74) is 2.58. The summed E-state index contributed by atoms with van der Waals surface area (Å²) in [6, 6.07) is 4.97. The molecule has 1 aromatic heterocycles. The summed E-state index contributed by atoms with van der Waals surface area (Å²) in [4.78, 5) is 1.77. The van der Waals surface area contributed by atoms with Gasteiger partial charge in [-0.25, -0.2) is 0 Å². The molecular weight excluding hydrogens is 337 g/mol. The summed E-state index contributed by atoms with van der Waals surface area (Å²) < 4.78 is 40.1. The normalized spacial score (nSPS) is 11.5. The topological polar surface area (TPSA) is 33.1 Å². The highest BCUT2D eigenvalue weighted by Gasteiger charge is 2.30. The van der Waals surface area contributed by atoms with E-state index in [9.17, 15) is 13.2 Å². The SMILES string of the molecule is Cc1nn(C)c(C)c1CN(C)C(=S)Nc1cccc(C(F)(F)F)c1. The second-order valence-corrected chi connectivity index (χ2v) is 6.02. The molecule has 0 fully saturated rings. The molecule has 4 nitrogen and oxygen atoms in total. The smallest absolute Gasteiger partial charge is 0.348 e. The zero-order valence-corrected chi connectivity index (χ0v) is 14.7. The Kier molecular flexibility index (Phi) is 5.17. The van der Waals surface area contributed by atoms with E-state index >= 15 is 0 Å². The van der Waals surface area contributed by atoms with Crippen LogP contribution in [0.4, 0.5) is 18.9 Å². The Labute approximate surface area is 144 Å². The van der Waals surface area contributed by atoms with Gasteiger partial charge in [0.15, 0.2) is 5.11 Å². The molecule has 2 aromatic rings. The van der Waals surface area contributed by atoms with E-state index in [4.69, 9.17) is 12.2 Å². The molecule has 0 amide bonds. The molecule has 0 radical (unpaired) electrons. The van der Waals surface area contributed by atoms with Crippen LogP contribution in [-0.4, -0.2) is 26.8 Å². The number of nitrogens with zero attached hydrogens (tertiary/aromatic N) is 3. The Morgan fingerprint density at radius 3 is 2.54 bits per heavy atom. The van der Waals surface area contributed by atoms with Gasteiger partial charge in [0, 0.05) is 37.6 Å². The first kappa shape index (κ1) is 18.3. The molecule has 0 saturated heterocycles. The lowest BCUT2D eigenvalue weighted by molar-refractivity contribution is -0.137. The molecule has 0 spiro atoms. The van der Waals surface area contributed by atoms with Crippen molar-refractivity contribution < 1.29 is 13.2 Å². The van der Waals surface area contributed by atoms with Crippen molar-refractivity contribution in [1.29, 1.82) is 0 Å². The molecule has 0 saturated carbocycles. The molecule has 2 rings (SSSR count). The molecule has 1 heterocycles. The van der Waals surface area contributed by atoms with Gasteiger partial charge in [-0.05, 0) is 44.3 Å². The predicted octanol–water partition coefficient (Wildman–Crippen LogP) is 3.88. The number of aromatic nitrogens is 2. The van der Waals surface area contributed by atoms with Gasteiger partial charge in [0.1, 0.15) is 0 Å². The van der Waals surface area contributed by atoms with Crippen LogP contribution in [0, 0.1) is 13.8 Å². The van der Waals surface area contributed by atoms with Crippen LogP contribution in [0.5, 0.6) is 0 Å². The van der Waals surface area contributed by atoms with Crippen LogP contribution in [0.25, 0.3) is 0 Å². The fourth-order valence-corrected chi connectivity index (χ4v) is 2.53. The Morgan fingerprint density at radius 2 is 2.00 bits per heavy atom. The maximum atomic E-state index is 12.8. The highest BCUT2D eigenvalue weighted by Crippen LogP contribution is 2.30. The average molecular weight is 356 g/mol. The molecule has 0 bridgehead atoms. The van der Waals surface area contributed by atoms with Crippen molar-refractivity contribution in [1.82, 2.24) is 14.7 Å². The lowest BCUT2D eigenvalue weighted by Crippen LogP contribution is -2.31. The molecule has 0 aliphatic rings. The monoisotopic (exact) mass is 356 g/mol. The van der Waals surface area contributed by atoms with Crippen molar-refractivity contribution in [2.24, 2.45) is 7.05 Å². The quantitative estimate of drug-likeness (QED) is 0.846. The molecule has 0 aliphatic carbocycles. The minimum absolute atomic E-state index is 0.307. The molecule has 1 N–H and O–H groups in total. The summed E-state index contributed by atoms with van der Waals surface area (Å²) in [6.45, 7) is 4.40. The van der Waals surface area contributed by atoms with Gasteiger partial charge in [0.25, 0.3) is 0 Å². The van der Waals surface area contributed by atoms with Gasteiger partial charge in [-0.2, -0.15) is 18.3 Å².